The molecule has 0 heterocycles. The van der Waals surface area contributed by atoms with Crippen LogP contribution in [0.3, 0.4) is 0 Å². The van der Waals surface area contributed by atoms with Crippen LogP contribution >= 0.6 is 0 Å². The van der Waals surface area contributed by atoms with Gasteiger partial charge in [-0.15, -0.1) is 0 Å². The van der Waals surface area contributed by atoms with E-state index in [1.807, 2.05) is 18.2 Å². The topological polar surface area (TPSA) is 17.1 Å². The summed E-state index contributed by atoms with van der Waals surface area (Å²) in [5.74, 6) is 0.0215. The number of rotatable bonds is 4. The number of ketones is 1. The minimum Gasteiger partial charge on any atom is -0.294 e. The fraction of sp³-hybridized carbons (Fsp3) is 0.300. The molecule has 0 amide bonds. The maximum atomic E-state index is 11.7. The van der Waals surface area contributed by atoms with Crippen LogP contribution in [0.5, 0.6) is 0 Å². The molecule has 0 saturated carbocycles. The second-order valence-electron chi connectivity index (χ2n) is 2.58. The van der Waals surface area contributed by atoms with Crippen LogP contribution in [-0.2, 0) is 0 Å². The van der Waals surface area contributed by atoms with Gasteiger partial charge in [-0.1, -0.05) is 30.3 Å². The fourth-order valence-corrected chi connectivity index (χ4v) is 0.996. The van der Waals surface area contributed by atoms with Crippen molar-refractivity contribution in [2.75, 3.05) is 6.67 Å². The van der Waals surface area contributed by atoms with Crippen molar-refractivity contribution >= 4 is 5.78 Å². The highest BCUT2D eigenvalue weighted by Gasteiger charge is 2.02. The maximum absolute atomic E-state index is 11.7. The minimum atomic E-state index is -0.418. The summed E-state index contributed by atoms with van der Waals surface area (Å²) in [5, 5.41) is 0. The number of hydrogen-bond acceptors (Lipinski definition) is 1. The number of carbonyl (C=O) groups is 1. The molecule has 0 spiro atoms. The molecule has 0 aliphatic rings. The lowest BCUT2D eigenvalue weighted by Gasteiger charge is -1.97. The Hall–Kier alpha value is -1.18. The predicted octanol–water partition coefficient (Wildman–Crippen LogP) is 2.62. The third kappa shape index (κ3) is 2.46. The van der Waals surface area contributed by atoms with Gasteiger partial charge in [-0.2, -0.15) is 0 Å². The van der Waals surface area contributed by atoms with Crippen LogP contribution in [0.4, 0.5) is 4.39 Å². The summed E-state index contributed by atoms with van der Waals surface area (Å²) in [6.07, 6.45) is 0.633. The zero-order chi connectivity index (χ0) is 8.81. The Morgan fingerprint density at radius 2 is 1.92 bits per heavy atom. The SMILES string of the molecule is O=C(CCCF)c1ccccc1. The largest absolute Gasteiger partial charge is 0.294 e. The van der Waals surface area contributed by atoms with Crippen molar-refractivity contribution < 1.29 is 9.18 Å². The summed E-state index contributed by atoms with van der Waals surface area (Å²) >= 11 is 0. The van der Waals surface area contributed by atoms with Gasteiger partial charge >= 0.3 is 0 Å². The highest BCUT2D eigenvalue weighted by Crippen LogP contribution is 2.04. The summed E-state index contributed by atoms with van der Waals surface area (Å²) in [5.41, 5.74) is 0.672. The first-order valence-electron chi connectivity index (χ1n) is 3.99. The number of alkyl halides is 1. The molecule has 64 valence electrons. The van der Waals surface area contributed by atoms with Gasteiger partial charge in [0.05, 0.1) is 6.67 Å². The molecule has 0 fully saturated rings. The van der Waals surface area contributed by atoms with E-state index in [0.717, 1.165) is 0 Å². The predicted molar refractivity (Wildman–Crippen MR) is 46.0 cm³/mol. The number of carbonyl (C=O) groups excluding carboxylic acids is 1. The molecular weight excluding hydrogens is 155 g/mol. The number of benzene rings is 1. The van der Waals surface area contributed by atoms with Crippen molar-refractivity contribution in [2.24, 2.45) is 0 Å². The first-order chi connectivity index (χ1) is 5.84. The summed E-state index contributed by atoms with van der Waals surface area (Å²) < 4.78 is 11.7. The van der Waals surface area contributed by atoms with Gasteiger partial charge in [-0.25, -0.2) is 0 Å². The van der Waals surface area contributed by atoms with E-state index in [0.29, 0.717) is 18.4 Å². The molecule has 1 rings (SSSR count). The number of halogens is 1. The highest BCUT2D eigenvalue weighted by molar-refractivity contribution is 5.95. The first kappa shape index (κ1) is 8.91. The molecule has 12 heavy (non-hydrogen) atoms. The van der Waals surface area contributed by atoms with Crippen LogP contribution in [0, 0.1) is 0 Å². The van der Waals surface area contributed by atoms with Gasteiger partial charge in [-0.05, 0) is 6.42 Å². The lowest BCUT2D eigenvalue weighted by molar-refractivity contribution is 0.0977. The maximum Gasteiger partial charge on any atom is 0.162 e. The molecule has 0 radical (unpaired) electrons. The Labute approximate surface area is 71.2 Å². The second-order valence-corrected chi connectivity index (χ2v) is 2.58. The molecule has 0 bridgehead atoms. The minimum absolute atomic E-state index is 0.0215. The molecule has 1 aromatic carbocycles. The van der Waals surface area contributed by atoms with E-state index < -0.39 is 6.67 Å². The Bertz CT molecular complexity index is 243. The molecule has 0 aromatic heterocycles. The van der Waals surface area contributed by atoms with Crippen LogP contribution in [0.15, 0.2) is 30.3 Å². The van der Waals surface area contributed by atoms with Crippen LogP contribution in [0.2, 0.25) is 0 Å². The fourth-order valence-electron chi connectivity index (χ4n) is 0.996. The summed E-state index contributed by atoms with van der Waals surface area (Å²) in [6, 6.07) is 8.97. The summed E-state index contributed by atoms with van der Waals surface area (Å²) in [4.78, 5) is 11.2. The molecule has 0 unspecified atom stereocenters. The number of Topliss-reactive ketones (excluding diaryl/α,β-unsaturated/α-hetero) is 1. The molecular formula is C10H11FO. The van der Waals surface area contributed by atoms with Gasteiger partial charge in [0, 0.05) is 12.0 Å². The summed E-state index contributed by atoms with van der Waals surface area (Å²) in [7, 11) is 0. The Balaban J connectivity index is 2.54. The average Bonchev–Trinajstić information content (AvgIpc) is 2.15. The van der Waals surface area contributed by atoms with E-state index in [9.17, 15) is 9.18 Å². The van der Waals surface area contributed by atoms with E-state index in [-0.39, 0.29) is 5.78 Å². The molecule has 0 N–H and O–H groups in total. The van der Waals surface area contributed by atoms with Crippen LogP contribution in [0.25, 0.3) is 0 Å². The van der Waals surface area contributed by atoms with Crippen molar-refractivity contribution in [3.05, 3.63) is 35.9 Å². The molecule has 0 aliphatic carbocycles. The smallest absolute Gasteiger partial charge is 0.162 e. The standard InChI is InChI=1S/C10H11FO/c11-8-4-7-10(12)9-5-2-1-3-6-9/h1-3,5-6H,4,7-8H2. The van der Waals surface area contributed by atoms with E-state index in [1.54, 1.807) is 12.1 Å². The van der Waals surface area contributed by atoms with Gasteiger partial charge in [0.2, 0.25) is 0 Å². The van der Waals surface area contributed by atoms with E-state index in [2.05, 4.69) is 0 Å². The van der Waals surface area contributed by atoms with Gasteiger partial charge in [-0.3, -0.25) is 9.18 Å². The van der Waals surface area contributed by atoms with Crippen LogP contribution in [0.1, 0.15) is 23.2 Å². The van der Waals surface area contributed by atoms with Crippen LogP contribution in [-0.4, -0.2) is 12.5 Å². The zero-order valence-corrected chi connectivity index (χ0v) is 6.79. The molecule has 1 nitrogen and oxygen atoms in total. The zero-order valence-electron chi connectivity index (χ0n) is 6.79. The lowest BCUT2D eigenvalue weighted by atomic mass is 10.1. The third-order valence-electron chi connectivity index (χ3n) is 1.63. The Morgan fingerprint density at radius 1 is 1.25 bits per heavy atom. The molecule has 1 aromatic rings. The molecule has 2 heteroatoms. The van der Waals surface area contributed by atoms with Crippen molar-refractivity contribution in [1.82, 2.24) is 0 Å². The van der Waals surface area contributed by atoms with Gasteiger partial charge in [0.1, 0.15) is 0 Å². The van der Waals surface area contributed by atoms with E-state index in [1.165, 1.54) is 0 Å². The molecule has 0 atom stereocenters. The van der Waals surface area contributed by atoms with E-state index >= 15 is 0 Å². The monoisotopic (exact) mass is 166 g/mol. The highest BCUT2D eigenvalue weighted by atomic mass is 19.1. The van der Waals surface area contributed by atoms with Gasteiger partial charge in [0.15, 0.2) is 5.78 Å². The normalized spacial score (nSPS) is 9.75. The molecule has 0 aliphatic heterocycles. The van der Waals surface area contributed by atoms with Crippen molar-refractivity contribution in [2.45, 2.75) is 12.8 Å². The van der Waals surface area contributed by atoms with Crippen molar-refractivity contribution in [3.8, 4) is 0 Å². The van der Waals surface area contributed by atoms with Crippen molar-refractivity contribution in [3.63, 3.8) is 0 Å². The number of hydrogen-bond donors (Lipinski definition) is 0. The third-order valence-corrected chi connectivity index (χ3v) is 1.63. The Morgan fingerprint density at radius 3 is 2.50 bits per heavy atom. The average molecular weight is 166 g/mol. The quantitative estimate of drug-likeness (QED) is 0.628. The second kappa shape index (κ2) is 4.65. The summed E-state index contributed by atoms with van der Waals surface area (Å²) in [6.45, 7) is -0.418. The van der Waals surface area contributed by atoms with E-state index in [4.69, 9.17) is 0 Å². The van der Waals surface area contributed by atoms with Gasteiger partial charge < -0.3 is 0 Å². The molecule has 0 saturated heterocycles. The van der Waals surface area contributed by atoms with Gasteiger partial charge in [0.25, 0.3) is 0 Å². The van der Waals surface area contributed by atoms with Crippen molar-refractivity contribution in [1.29, 1.82) is 0 Å². The van der Waals surface area contributed by atoms with Crippen LogP contribution < -0.4 is 0 Å². The lowest BCUT2D eigenvalue weighted by Crippen LogP contribution is -1.98. The Kier molecular flexibility index (Phi) is 3.45. The first-order valence-corrected chi connectivity index (χ1v) is 3.99.